The highest BCUT2D eigenvalue weighted by atomic mass is 35.5. The van der Waals surface area contributed by atoms with Crippen molar-refractivity contribution in [3.05, 3.63) is 15.6 Å². The maximum atomic E-state index is 5.72. The topological polar surface area (TPSA) is 12.9 Å². The molecule has 74 valence electrons. The number of nitrogens with zero attached hydrogens (tertiary/aromatic N) is 1. The van der Waals surface area contributed by atoms with Gasteiger partial charge in [-0.3, -0.25) is 0 Å². The maximum absolute atomic E-state index is 5.72. The molecule has 0 aromatic carbocycles. The number of hydrogen-bond donors (Lipinski definition) is 0. The minimum Gasteiger partial charge on any atom is -0.245 e. The van der Waals surface area contributed by atoms with Gasteiger partial charge in [-0.25, -0.2) is 4.98 Å². The van der Waals surface area contributed by atoms with Crippen LogP contribution in [0, 0.1) is 13.8 Å². The number of aromatic nitrogens is 1. The van der Waals surface area contributed by atoms with E-state index >= 15 is 0 Å². The lowest BCUT2D eigenvalue weighted by Gasteiger charge is -2.03. The Balaban J connectivity index is 2.45. The van der Waals surface area contributed by atoms with E-state index < -0.39 is 0 Å². The second-order valence-corrected chi connectivity index (χ2v) is 6.05. The highest BCUT2D eigenvalue weighted by molar-refractivity contribution is 7.99. The van der Waals surface area contributed by atoms with Crippen LogP contribution < -0.4 is 0 Å². The van der Waals surface area contributed by atoms with Crippen LogP contribution in [0.5, 0.6) is 0 Å². The Morgan fingerprint density at radius 3 is 2.69 bits per heavy atom. The van der Waals surface area contributed by atoms with Gasteiger partial charge in [-0.15, -0.1) is 22.9 Å². The standard InChI is InChI=1S/C9H14ClNS2/c1-6(4-10)12-5-9-11-7(2)8(3)13-9/h6H,4-5H2,1-3H3. The van der Waals surface area contributed by atoms with Crippen LogP contribution in [0.3, 0.4) is 0 Å². The second kappa shape index (κ2) is 5.23. The van der Waals surface area contributed by atoms with Gasteiger partial charge in [-0.1, -0.05) is 6.92 Å². The van der Waals surface area contributed by atoms with Gasteiger partial charge in [0.05, 0.1) is 5.69 Å². The fourth-order valence-electron chi connectivity index (χ4n) is 0.859. The summed E-state index contributed by atoms with van der Waals surface area (Å²) < 4.78 is 0. The summed E-state index contributed by atoms with van der Waals surface area (Å²) in [5, 5.41) is 1.74. The third-order valence-electron chi connectivity index (χ3n) is 1.78. The Hall–Kier alpha value is 0.270. The molecule has 0 saturated heterocycles. The number of thiazole rings is 1. The molecule has 0 bridgehead atoms. The molecule has 0 fully saturated rings. The van der Waals surface area contributed by atoms with E-state index in [-0.39, 0.29) is 0 Å². The molecule has 0 N–H and O–H groups in total. The van der Waals surface area contributed by atoms with Crippen molar-refractivity contribution in [1.82, 2.24) is 4.98 Å². The molecule has 0 aliphatic heterocycles. The lowest BCUT2D eigenvalue weighted by Crippen LogP contribution is -1.97. The molecule has 4 heteroatoms. The molecule has 0 radical (unpaired) electrons. The van der Waals surface area contributed by atoms with Gasteiger partial charge in [-0.05, 0) is 13.8 Å². The first-order valence-corrected chi connectivity index (χ1v) is 6.64. The summed E-state index contributed by atoms with van der Waals surface area (Å²) in [6.45, 7) is 6.32. The summed E-state index contributed by atoms with van der Waals surface area (Å²) >= 11 is 9.38. The van der Waals surface area contributed by atoms with Crippen molar-refractivity contribution in [2.24, 2.45) is 0 Å². The van der Waals surface area contributed by atoms with Crippen molar-refractivity contribution >= 4 is 34.7 Å². The zero-order valence-electron chi connectivity index (χ0n) is 8.13. The third-order valence-corrected chi connectivity index (χ3v) is 4.86. The molecular formula is C9H14ClNS2. The van der Waals surface area contributed by atoms with Gasteiger partial charge >= 0.3 is 0 Å². The van der Waals surface area contributed by atoms with Crippen LogP contribution in [0.15, 0.2) is 0 Å². The molecule has 0 aliphatic rings. The van der Waals surface area contributed by atoms with Crippen LogP contribution in [0.1, 0.15) is 22.5 Å². The summed E-state index contributed by atoms with van der Waals surface area (Å²) in [5.74, 6) is 1.71. The normalized spacial score (nSPS) is 13.2. The number of halogens is 1. The lowest BCUT2D eigenvalue weighted by molar-refractivity contribution is 1.11. The molecule has 1 unspecified atom stereocenters. The average Bonchev–Trinajstić information content (AvgIpc) is 2.42. The minimum atomic E-state index is 0.520. The molecular weight excluding hydrogens is 222 g/mol. The van der Waals surface area contributed by atoms with E-state index in [9.17, 15) is 0 Å². The second-order valence-electron chi connectivity index (χ2n) is 3.03. The zero-order valence-corrected chi connectivity index (χ0v) is 10.5. The van der Waals surface area contributed by atoms with Crippen molar-refractivity contribution in [1.29, 1.82) is 0 Å². The van der Waals surface area contributed by atoms with Crippen LogP contribution >= 0.6 is 34.7 Å². The monoisotopic (exact) mass is 235 g/mol. The summed E-state index contributed by atoms with van der Waals surface area (Å²) in [5.41, 5.74) is 1.17. The van der Waals surface area contributed by atoms with E-state index in [1.807, 2.05) is 11.8 Å². The van der Waals surface area contributed by atoms with Crippen LogP contribution in [0.25, 0.3) is 0 Å². The number of hydrogen-bond acceptors (Lipinski definition) is 3. The summed E-state index contributed by atoms with van der Waals surface area (Å²) in [7, 11) is 0. The van der Waals surface area contributed by atoms with E-state index in [0.717, 1.165) is 5.75 Å². The number of thioether (sulfide) groups is 1. The van der Waals surface area contributed by atoms with Crippen LogP contribution in [-0.4, -0.2) is 16.1 Å². The predicted octanol–water partition coefficient (Wildman–Crippen LogP) is 3.62. The van der Waals surface area contributed by atoms with Crippen molar-refractivity contribution in [2.45, 2.75) is 31.8 Å². The smallest absolute Gasteiger partial charge is 0.103 e. The molecule has 1 atom stereocenters. The Bertz CT molecular complexity index is 253. The SMILES string of the molecule is Cc1nc(CSC(C)CCl)sc1C. The van der Waals surface area contributed by atoms with E-state index in [4.69, 9.17) is 11.6 Å². The maximum Gasteiger partial charge on any atom is 0.103 e. The van der Waals surface area contributed by atoms with E-state index in [0.29, 0.717) is 11.1 Å². The van der Waals surface area contributed by atoms with E-state index in [1.54, 1.807) is 11.3 Å². The van der Waals surface area contributed by atoms with Gasteiger partial charge in [0.2, 0.25) is 0 Å². The molecule has 1 nitrogen and oxygen atoms in total. The number of alkyl halides is 1. The molecule has 1 aromatic rings. The van der Waals surface area contributed by atoms with Gasteiger partial charge < -0.3 is 0 Å². The molecule has 1 rings (SSSR count). The number of rotatable bonds is 4. The lowest BCUT2D eigenvalue weighted by atomic mass is 10.4. The minimum absolute atomic E-state index is 0.520. The van der Waals surface area contributed by atoms with Gasteiger partial charge in [0.25, 0.3) is 0 Å². The van der Waals surface area contributed by atoms with Gasteiger partial charge in [0.15, 0.2) is 0 Å². The first-order valence-electron chi connectivity index (χ1n) is 4.24. The first-order chi connectivity index (χ1) is 6.13. The molecule has 13 heavy (non-hydrogen) atoms. The molecule has 0 aliphatic carbocycles. The Labute approximate surface area is 92.9 Å². The predicted molar refractivity (Wildman–Crippen MR) is 63.1 cm³/mol. The van der Waals surface area contributed by atoms with Gasteiger partial charge in [-0.2, -0.15) is 11.8 Å². The largest absolute Gasteiger partial charge is 0.245 e. The quantitative estimate of drug-likeness (QED) is 0.740. The molecule has 1 aromatic heterocycles. The summed E-state index contributed by atoms with van der Waals surface area (Å²) in [6, 6.07) is 0. The van der Waals surface area contributed by atoms with E-state index in [2.05, 4.69) is 25.8 Å². The molecule has 1 heterocycles. The van der Waals surface area contributed by atoms with Crippen molar-refractivity contribution < 1.29 is 0 Å². The Morgan fingerprint density at radius 2 is 2.23 bits per heavy atom. The first kappa shape index (κ1) is 11.3. The third kappa shape index (κ3) is 3.49. The van der Waals surface area contributed by atoms with Crippen LogP contribution in [0.4, 0.5) is 0 Å². The zero-order chi connectivity index (χ0) is 9.84. The van der Waals surface area contributed by atoms with Gasteiger partial charge in [0, 0.05) is 21.8 Å². The molecule has 0 saturated carbocycles. The van der Waals surface area contributed by atoms with Crippen LogP contribution in [-0.2, 0) is 5.75 Å². The Morgan fingerprint density at radius 1 is 1.54 bits per heavy atom. The number of aryl methyl sites for hydroxylation is 2. The molecule has 0 spiro atoms. The highest BCUT2D eigenvalue weighted by Gasteiger charge is 2.06. The fourth-order valence-corrected chi connectivity index (χ4v) is 2.88. The summed E-state index contributed by atoms with van der Waals surface area (Å²) in [6.07, 6.45) is 0. The average molecular weight is 236 g/mol. The van der Waals surface area contributed by atoms with Gasteiger partial charge in [0.1, 0.15) is 5.01 Å². The van der Waals surface area contributed by atoms with Crippen LogP contribution in [0.2, 0.25) is 0 Å². The van der Waals surface area contributed by atoms with Crippen molar-refractivity contribution in [2.75, 3.05) is 5.88 Å². The fraction of sp³-hybridized carbons (Fsp3) is 0.667. The highest BCUT2D eigenvalue weighted by Crippen LogP contribution is 2.23. The van der Waals surface area contributed by atoms with Crippen molar-refractivity contribution in [3.63, 3.8) is 0 Å². The van der Waals surface area contributed by atoms with Crippen molar-refractivity contribution in [3.8, 4) is 0 Å². The summed E-state index contributed by atoms with van der Waals surface area (Å²) in [4.78, 5) is 5.80. The molecule has 0 amide bonds. The van der Waals surface area contributed by atoms with E-state index in [1.165, 1.54) is 15.6 Å². The Kier molecular flexibility index (Phi) is 4.56.